The van der Waals surface area contributed by atoms with Crippen molar-refractivity contribution in [2.45, 2.75) is 32.8 Å². The molecule has 0 heterocycles. The molecular weight excluding hydrogens is 284 g/mol. The van der Waals surface area contributed by atoms with E-state index in [1.165, 1.54) is 0 Å². The average molecular weight is 305 g/mol. The lowest BCUT2D eigenvalue weighted by Crippen LogP contribution is -2.25. The molecule has 0 aliphatic rings. The minimum absolute atomic E-state index is 0.503. The molecule has 1 atom stereocenters. The summed E-state index contributed by atoms with van der Waals surface area (Å²) in [4.78, 5) is 0. The highest BCUT2D eigenvalue weighted by molar-refractivity contribution is 6.30. The van der Waals surface area contributed by atoms with E-state index < -0.39 is 5.60 Å². The number of hydrogen-bond donors (Lipinski definition) is 1. The molecule has 0 amide bonds. The molecule has 1 N–H and O–H groups in total. The van der Waals surface area contributed by atoms with Crippen molar-refractivity contribution in [3.8, 4) is 5.75 Å². The van der Waals surface area contributed by atoms with Gasteiger partial charge in [0.15, 0.2) is 0 Å². The Balaban J connectivity index is 2.39. The molecule has 0 aromatic heterocycles. The summed E-state index contributed by atoms with van der Waals surface area (Å²) in [5, 5.41) is 11.6. The number of methoxy groups -OCH3 is 1. The minimum Gasteiger partial charge on any atom is -0.496 e. The second kappa shape index (κ2) is 6.08. The van der Waals surface area contributed by atoms with E-state index in [0.717, 1.165) is 28.0 Å². The molecule has 0 fully saturated rings. The molecule has 2 nitrogen and oxygen atoms in total. The molecular formula is C18H21ClO2. The average Bonchev–Trinajstić information content (AvgIpc) is 2.43. The van der Waals surface area contributed by atoms with Crippen molar-refractivity contribution in [1.82, 2.24) is 0 Å². The van der Waals surface area contributed by atoms with Gasteiger partial charge in [0.25, 0.3) is 0 Å². The van der Waals surface area contributed by atoms with Crippen LogP contribution in [0.1, 0.15) is 29.2 Å². The van der Waals surface area contributed by atoms with Crippen molar-refractivity contribution in [3.05, 3.63) is 63.7 Å². The van der Waals surface area contributed by atoms with Crippen molar-refractivity contribution >= 4 is 11.6 Å². The van der Waals surface area contributed by atoms with Crippen molar-refractivity contribution in [3.63, 3.8) is 0 Å². The Hall–Kier alpha value is -1.51. The van der Waals surface area contributed by atoms with E-state index in [2.05, 4.69) is 0 Å². The van der Waals surface area contributed by atoms with Gasteiger partial charge >= 0.3 is 0 Å². The van der Waals surface area contributed by atoms with E-state index in [1.54, 1.807) is 7.11 Å². The van der Waals surface area contributed by atoms with E-state index in [9.17, 15) is 5.11 Å². The largest absolute Gasteiger partial charge is 0.496 e. The molecule has 0 saturated carbocycles. The Morgan fingerprint density at radius 2 is 1.71 bits per heavy atom. The minimum atomic E-state index is -1.00. The summed E-state index contributed by atoms with van der Waals surface area (Å²) >= 11 is 5.90. The fraction of sp³-hybridized carbons (Fsp3) is 0.333. The smallest absolute Gasteiger partial charge is 0.128 e. The molecule has 112 valence electrons. The number of benzene rings is 2. The lowest BCUT2D eigenvalue weighted by molar-refractivity contribution is 0.0548. The maximum absolute atomic E-state index is 10.9. The molecule has 2 aromatic carbocycles. The fourth-order valence-corrected chi connectivity index (χ4v) is 2.70. The zero-order chi connectivity index (χ0) is 15.6. The molecule has 3 heteroatoms. The maximum Gasteiger partial charge on any atom is 0.128 e. The summed E-state index contributed by atoms with van der Waals surface area (Å²) in [5.74, 6) is 0.758. The van der Waals surface area contributed by atoms with Gasteiger partial charge in [-0.3, -0.25) is 0 Å². The third-order valence-corrected chi connectivity index (χ3v) is 4.17. The van der Waals surface area contributed by atoms with E-state index in [-0.39, 0.29) is 0 Å². The Labute approximate surface area is 131 Å². The number of rotatable bonds is 4. The van der Waals surface area contributed by atoms with Gasteiger partial charge in [0.1, 0.15) is 5.75 Å². The van der Waals surface area contributed by atoms with Crippen molar-refractivity contribution < 1.29 is 9.84 Å². The summed E-state index contributed by atoms with van der Waals surface area (Å²) in [6.07, 6.45) is 0.503. The van der Waals surface area contributed by atoms with Crippen LogP contribution in [0.3, 0.4) is 0 Å². The third kappa shape index (κ3) is 3.39. The van der Waals surface area contributed by atoms with Crippen LogP contribution < -0.4 is 4.74 Å². The number of ether oxygens (including phenoxy) is 1. The van der Waals surface area contributed by atoms with Crippen LogP contribution in [0, 0.1) is 13.8 Å². The standard InChI is InChI=1S/C18H21ClO2/c1-12-5-10-16(17(21-4)13(12)2)18(3,20)11-14-6-8-15(19)9-7-14/h5-10,20H,11H2,1-4H3. The van der Waals surface area contributed by atoms with E-state index >= 15 is 0 Å². The van der Waals surface area contributed by atoms with Gasteiger partial charge in [-0.25, -0.2) is 0 Å². The van der Waals surface area contributed by atoms with Crippen LogP contribution in [-0.4, -0.2) is 12.2 Å². The number of aryl methyl sites for hydroxylation is 1. The maximum atomic E-state index is 10.9. The van der Waals surface area contributed by atoms with Crippen LogP contribution in [-0.2, 0) is 12.0 Å². The van der Waals surface area contributed by atoms with Gasteiger partial charge in [-0.2, -0.15) is 0 Å². The molecule has 2 rings (SSSR count). The molecule has 0 bridgehead atoms. The van der Waals surface area contributed by atoms with Crippen LogP contribution >= 0.6 is 11.6 Å². The topological polar surface area (TPSA) is 29.5 Å². The predicted octanol–water partition coefficient (Wildman–Crippen LogP) is 4.42. The third-order valence-electron chi connectivity index (χ3n) is 3.92. The van der Waals surface area contributed by atoms with Gasteiger partial charge in [-0.15, -0.1) is 0 Å². The molecule has 0 saturated heterocycles. The highest BCUT2D eigenvalue weighted by atomic mass is 35.5. The van der Waals surface area contributed by atoms with Crippen LogP contribution in [0.4, 0.5) is 0 Å². The first kappa shape index (κ1) is 15.9. The van der Waals surface area contributed by atoms with Crippen LogP contribution in [0.25, 0.3) is 0 Å². The lowest BCUT2D eigenvalue weighted by atomic mass is 9.86. The molecule has 0 radical (unpaired) electrons. The summed E-state index contributed by atoms with van der Waals surface area (Å²) in [5.41, 5.74) is 3.05. The van der Waals surface area contributed by atoms with E-state index in [4.69, 9.17) is 16.3 Å². The second-order valence-electron chi connectivity index (χ2n) is 5.67. The van der Waals surface area contributed by atoms with Gasteiger partial charge in [0, 0.05) is 17.0 Å². The summed E-state index contributed by atoms with van der Waals surface area (Å²) in [6.45, 7) is 5.86. The van der Waals surface area contributed by atoms with Crippen molar-refractivity contribution in [2.75, 3.05) is 7.11 Å². The quantitative estimate of drug-likeness (QED) is 0.906. The molecule has 1 unspecified atom stereocenters. The zero-order valence-corrected chi connectivity index (χ0v) is 13.7. The van der Waals surface area contributed by atoms with E-state index in [0.29, 0.717) is 11.4 Å². The Kier molecular flexibility index (Phi) is 4.60. The molecule has 0 aliphatic carbocycles. The van der Waals surface area contributed by atoms with E-state index in [1.807, 2.05) is 57.2 Å². The molecule has 0 aliphatic heterocycles. The Bertz CT molecular complexity index is 630. The van der Waals surface area contributed by atoms with Crippen LogP contribution in [0.5, 0.6) is 5.75 Å². The Morgan fingerprint density at radius 3 is 2.29 bits per heavy atom. The highest BCUT2D eigenvalue weighted by Gasteiger charge is 2.28. The summed E-state index contributed by atoms with van der Waals surface area (Å²) in [6, 6.07) is 11.5. The van der Waals surface area contributed by atoms with Gasteiger partial charge < -0.3 is 9.84 Å². The molecule has 21 heavy (non-hydrogen) atoms. The van der Waals surface area contributed by atoms with Crippen LogP contribution in [0.2, 0.25) is 5.02 Å². The molecule has 0 spiro atoms. The molecule has 2 aromatic rings. The SMILES string of the molecule is COc1c(C(C)(O)Cc2ccc(Cl)cc2)ccc(C)c1C. The van der Waals surface area contributed by atoms with Gasteiger partial charge in [-0.1, -0.05) is 35.9 Å². The predicted molar refractivity (Wildman–Crippen MR) is 87.2 cm³/mol. The Morgan fingerprint density at radius 1 is 1.10 bits per heavy atom. The number of aliphatic hydroxyl groups is 1. The second-order valence-corrected chi connectivity index (χ2v) is 6.10. The fourth-order valence-electron chi connectivity index (χ4n) is 2.57. The first-order chi connectivity index (χ1) is 9.85. The zero-order valence-electron chi connectivity index (χ0n) is 12.9. The number of halogens is 1. The van der Waals surface area contributed by atoms with Crippen LogP contribution in [0.15, 0.2) is 36.4 Å². The first-order valence-electron chi connectivity index (χ1n) is 6.96. The first-order valence-corrected chi connectivity index (χ1v) is 7.34. The number of hydrogen-bond acceptors (Lipinski definition) is 2. The normalized spacial score (nSPS) is 13.8. The lowest BCUT2D eigenvalue weighted by Gasteiger charge is -2.27. The van der Waals surface area contributed by atoms with Crippen molar-refractivity contribution in [2.24, 2.45) is 0 Å². The van der Waals surface area contributed by atoms with Crippen molar-refractivity contribution in [1.29, 1.82) is 0 Å². The monoisotopic (exact) mass is 304 g/mol. The summed E-state index contributed by atoms with van der Waals surface area (Å²) < 4.78 is 5.52. The van der Waals surface area contributed by atoms with Gasteiger partial charge in [0.2, 0.25) is 0 Å². The van der Waals surface area contributed by atoms with Gasteiger partial charge in [-0.05, 0) is 49.6 Å². The highest BCUT2D eigenvalue weighted by Crippen LogP contribution is 2.36. The summed E-state index contributed by atoms with van der Waals surface area (Å²) in [7, 11) is 1.64. The van der Waals surface area contributed by atoms with Gasteiger partial charge in [0.05, 0.1) is 12.7 Å².